The second kappa shape index (κ2) is 6.44. The molecule has 4 nitrogen and oxygen atoms in total. The van der Waals surface area contributed by atoms with Crippen molar-refractivity contribution in [2.45, 2.75) is 13.3 Å². The largest absolute Gasteiger partial charge is 0.360 e. The zero-order valence-electron chi connectivity index (χ0n) is 12.6. The van der Waals surface area contributed by atoms with Gasteiger partial charge in [-0.2, -0.15) is 5.10 Å². The van der Waals surface area contributed by atoms with E-state index in [-0.39, 0.29) is 11.7 Å². The maximum atomic E-state index is 12.8. The molecule has 0 radical (unpaired) electrons. The van der Waals surface area contributed by atoms with Crippen molar-refractivity contribution >= 4 is 23.0 Å². The predicted molar refractivity (Wildman–Crippen MR) is 89.1 cm³/mol. The number of benzene rings is 2. The van der Waals surface area contributed by atoms with Crippen LogP contribution in [0.25, 0.3) is 10.9 Å². The lowest BCUT2D eigenvalue weighted by Crippen LogP contribution is -2.17. The highest BCUT2D eigenvalue weighted by molar-refractivity contribution is 6.01. The van der Waals surface area contributed by atoms with Gasteiger partial charge in [0, 0.05) is 28.2 Å². The second-order valence-electron chi connectivity index (χ2n) is 5.14. The SMILES string of the molecule is CCc1cccc2c(/C=N/NC(=O)c3ccc(F)cc3)c[nH]c12. The number of aromatic amines is 1. The summed E-state index contributed by atoms with van der Waals surface area (Å²) in [6, 6.07) is 11.4. The number of amides is 1. The summed E-state index contributed by atoms with van der Waals surface area (Å²) in [6.07, 6.45) is 4.40. The number of carbonyl (C=O) groups excluding carboxylic acids is 1. The van der Waals surface area contributed by atoms with Gasteiger partial charge in [0.05, 0.1) is 6.21 Å². The first kappa shape index (κ1) is 15.0. The van der Waals surface area contributed by atoms with Crippen molar-refractivity contribution in [1.29, 1.82) is 0 Å². The topological polar surface area (TPSA) is 57.2 Å². The first-order valence-electron chi connectivity index (χ1n) is 7.37. The van der Waals surface area contributed by atoms with Gasteiger partial charge in [0.1, 0.15) is 5.82 Å². The number of rotatable bonds is 4. The lowest BCUT2D eigenvalue weighted by atomic mass is 10.1. The molecule has 3 aromatic rings. The summed E-state index contributed by atoms with van der Waals surface area (Å²) >= 11 is 0. The Kier molecular flexibility index (Phi) is 4.19. The second-order valence-corrected chi connectivity index (χ2v) is 5.14. The van der Waals surface area contributed by atoms with Crippen molar-refractivity contribution < 1.29 is 9.18 Å². The van der Waals surface area contributed by atoms with Crippen LogP contribution in [0.2, 0.25) is 0 Å². The third-order valence-electron chi connectivity index (χ3n) is 3.69. The average molecular weight is 309 g/mol. The standard InChI is InChI=1S/C18H16FN3O/c1-2-12-4-3-5-16-14(10-20-17(12)16)11-21-22-18(23)13-6-8-15(19)9-7-13/h3-11,20H,2H2,1H3,(H,22,23)/b21-11+. The molecule has 0 aliphatic carbocycles. The van der Waals surface area contributed by atoms with Crippen molar-refractivity contribution in [3.05, 3.63) is 71.2 Å². The highest BCUT2D eigenvalue weighted by Gasteiger charge is 2.06. The number of halogens is 1. The summed E-state index contributed by atoms with van der Waals surface area (Å²) in [5.41, 5.74) is 6.02. The minimum atomic E-state index is -0.379. The molecule has 1 amide bonds. The molecule has 0 unspecified atom stereocenters. The van der Waals surface area contributed by atoms with Gasteiger partial charge in [0.15, 0.2) is 0 Å². The molecule has 116 valence electrons. The van der Waals surface area contributed by atoms with Gasteiger partial charge in [-0.25, -0.2) is 9.82 Å². The molecule has 2 aromatic carbocycles. The number of hydrogen-bond acceptors (Lipinski definition) is 2. The highest BCUT2D eigenvalue weighted by Crippen LogP contribution is 2.20. The van der Waals surface area contributed by atoms with E-state index in [9.17, 15) is 9.18 Å². The monoisotopic (exact) mass is 309 g/mol. The third-order valence-corrected chi connectivity index (χ3v) is 3.69. The Morgan fingerprint density at radius 2 is 2.04 bits per heavy atom. The number of para-hydroxylation sites is 1. The van der Waals surface area contributed by atoms with Gasteiger partial charge in [-0.1, -0.05) is 25.1 Å². The van der Waals surface area contributed by atoms with Gasteiger partial charge in [-0.15, -0.1) is 0 Å². The fourth-order valence-corrected chi connectivity index (χ4v) is 2.47. The molecule has 0 atom stereocenters. The van der Waals surface area contributed by atoms with Crippen LogP contribution >= 0.6 is 0 Å². The number of aromatic nitrogens is 1. The summed E-state index contributed by atoms with van der Waals surface area (Å²) in [6.45, 7) is 2.10. The van der Waals surface area contributed by atoms with Crippen molar-refractivity contribution in [3.63, 3.8) is 0 Å². The van der Waals surface area contributed by atoms with Gasteiger partial charge in [0.25, 0.3) is 5.91 Å². The molecular formula is C18H16FN3O. The molecule has 3 rings (SSSR count). The smallest absolute Gasteiger partial charge is 0.271 e. The van der Waals surface area contributed by atoms with E-state index in [4.69, 9.17) is 0 Å². The van der Waals surface area contributed by atoms with E-state index in [0.717, 1.165) is 22.9 Å². The van der Waals surface area contributed by atoms with E-state index in [0.29, 0.717) is 5.56 Å². The van der Waals surface area contributed by atoms with Gasteiger partial charge in [-0.3, -0.25) is 4.79 Å². The Morgan fingerprint density at radius 1 is 1.26 bits per heavy atom. The normalized spacial score (nSPS) is 11.2. The first-order valence-corrected chi connectivity index (χ1v) is 7.37. The van der Waals surface area contributed by atoms with Gasteiger partial charge in [0.2, 0.25) is 0 Å². The lowest BCUT2D eigenvalue weighted by molar-refractivity contribution is 0.0955. The van der Waals surface area contributed by atoms with Gasteiger partial charge < -0.3 is 4.98 Å². The van der Waals surface area contributed by atoms with E-state index in [1.54, 1.807) is 6.21 Å². The van der Waals surface area contributed by atoms with Crippen molar-refractivity contribution in [3.8, 4) is 0 Å². The number of hydrazone groups is 1. The summed E-state index contributed by atoms with van der Waals surface area (Å²) < 4.78 is 12.8. The zero-order chi connectivity index (χ0) is 16.2. The molecule has 0 aliphatic heterocycles. The molecule has 2 N–H and O–H groups in total. The maximum Gasteiger partial charge on any atom is 0.271 e. The van der Waals surface area contributed by atoms with Gasteiger partial charge >= 0.3 is 0 Å². The number of fused-ring (bicyclic) bond motifs is 1. The summed E-state index contributed by atoms with van der Waals surface area (Å²) in [7, 11) is 0. The molecule has 0 aliphatic rings. The average Bonchev–Trinajstić information content (AvgIpc) is 2.98. The summed E-state index contributed by atoms with van der Waals surface area (Å²) in [5, 5.41) is 5.04. The molecule has 1 aromatic heterocycles. The van der Waals surface area contributed by atoms with E-state index in [2.05, 4.69) is 28.5 Å². The minimum Gasteiger partial charge on any atom is -0.360 e. The number of nitrogens with one attached hydrogen (secondary N) is 2. The van der Waals surface area contributed by atoms with E-state index < -0.39 is 0 Å². The summed E-state index contributed by atoms with van der Waals surface area (Å²) in [4.78, 5) is 15.1. The van der Waals surface area contributed by atoms with Crippen LogP contribution in [0.1, 0.15) is 28.4 Å². The quantitative estimate of drug-likeness (QED) is 0.561. The van der Waals surface area contributed by atoms with Crippen LogP contribution in [0.5, 0.6) is 0 Å². The molecule has 1 heterocycles. The molecule has 0 saturated carbocycles. The fraction of sp³-hybridized carbons (Fsp3) is 0.111. The highest BCUT2D eigenvalue weighted by atomic mass is 19.1. The van der Waals surface area contributed by atoms with Crippen molar-refractivity contribution in [2.24, 2.45) is 5.10 Å². The Bertz CT molecular complexity index is 866. The van der Waals surface area contributed by atoms with E-state index in [1.807, 2.05) is 18.3 Å². The lowest BCUT2D eigenvalue weighted by Gasteiger charge is -2.00. The number of carbonyl (C=O) groups is 1. The van der Waals surface area contributed by atoms with Crippen LogP contribution in [0, 0.1) is 5.82 Å². The number of nitrogens with zero attached hydrogens (tertiary/aromatic N) is 1. The van der Waals surface area contributed by atoms with Crippen LogP contribution in [0.3, 0.4) is 0 Å². The number of H-pyrrole nitrogens is 1. The molecule has 0 fully saturated rings. The molecule has 23 heavy (non-hydrogen) atoms. The Balaban J connectivity index is 1.76. The van der Waals surface area contributed by atoms with Crippen LogP contribution in [-0.2, 0) is 6.42 Å². The molecule has 0 bridgehead atoms. The Labute approximate surface area is 133 Å². The van der Waals surface area contributed by atoms with Crippen LogP contribution in [0.4, 0.5) is 4.39 Å². The van der Waals surface area contributed by atoms with Crippen molar-refractivity contribution in [1.82, 2.24) is 10.4 Å². The fourth-order valence-electron chi connectivity index (χ4n) is 2.47. The van der Waals surface area contributed by atoms with E-state index in [1.165, 1.54) is 29.8 Å². The van der Waals surface area contributed by atoms with E-state index >= 15 is 0 Å². The third kappa shape index (κ3) is 3.13. The maximum absolute atomic E-state index is 12.8. The Morgan fingerprint density at radius 3 is 2.78 bits per heavy atom. The van der Waals surface area contributed by atoms with Crippen LogP contribution < -0.4 is 5.43 Å². The minimum absolute atomic E-state index is 0.357. The zero-order valence-corrected chi connectivity index (χ0v) is 12.6. The molecular weight excluding hydrogens is 293 g/mol. The molecule has 0 spiro atoms. The Hall–Kier alpha value is -2.95. The summed E-state index contributed by atoms with van der Waals surface area (Å²) in [5.74, 6) is -0.758. The molecule has 0 saturated heterocycles. The predicted octanol–water partition coefficient (Wildman–Crippen LogP) is 3.63. The van der Waals surface area contributed by atoms with Gasteiger partial charge in [-0.05, 0) is 36.2 Å². The van der Waals surface area contributed by atoms with Crippen LogP contribution in [0.15, 0.2) is 53.8 Å². The number of aryl methyl sites for hydroxylation is 1. The van der Waals surface area contributed by atoms with Crippen LogP contribution in [-0.4, -0.2) is 17.1 Å². The molecule has 5 heteroatoms. The number of hydrogen-bond donors (Lipinski definition) is 2. The first-order chi connectivity index (χ1) is 11.2. The van der Waals surface area contributed by atoms with Crippen molar-refractivity contribution in [2.75, 3.05) is 0 Å².